The fraction of sp³-hybridized carbons (Fsp3) is 0.333. The average molecular weight is 285 g/mol. The lowest BCUT2D eigenvalue weighted by atomic mass is 10.1. The zero-order chi connectivity index (χ0) is 15.2. The summed E-state index contributed by atoms with van der Waals surface area (Å²) >= 11 is 0. The summed E-state index contributed by atoms with van der Waals surface area (Å²) in [5, 5.41) is 3.24. The summed E-state index contributed by atoms with van der Waals surface area (Å²) in [5.74, 6) is 1.77. The van der Waals surface area contributed by atoms with Gasteiger partial charge in [0.15, 0.2) is 0 Å². The third-order valence-electron chi connectivity index (χ3n) is 3.71. The molecular weight excluding hydrogens is 262 g/mol. The van der Waals surface area contributed by atoms with Crippen LogP contribution < -0.4 is 14.8 Å². The quantitative estimate of drug-likeness (QED) is 0.874. The van der Waals surface area contributed by atoms with Gasteiger partial charge in [0.2, 0.25) is 0 Å². The van der Waals surface area contributed by atoms with Gasteiger partial charge in [-0.25, -0.2) is 0 Å². The Bertz CT molecular complexity index is 596. The van der Waals surface area contributed by atoms with Gasteiger partial charge in [-0.3, -0.25) is 0 Å². The first kappa shape index (κ1) is 15.4. The fourth-order valence-corrected chi connectivity index (χ4v) is 2.25. The van der Waals surface area contributed by atoms with Gasteiger partial charge in [0.25, 0.3) is 0 Å². The van der Waals surface area contributed by atoms with Gasteiger partial charge in [0.1, 0.15) is 18.1 Å². The van der Waals surface area contributed by atoms with Crippen molar-refractivity contribution in [1.29, 1.82) is 0 Å². The van der Waals surface area contributed by atoms with Gasteiger partial charge >= 0.3 is 0 Å². The van der Waals surface area contributed by atoms with Crippen molar-refractivity contribution in [3.05, 3.63) is 59.2 Å². The maximum atomic E-state index is 5.93. The van der Waals surface area contributed by atoms with Gasteiger partial charge in [-0.2, -0.15) is 0 Å². The largest absolute Gasteiger partial charge is 0.496 e. The van der Waals surface area contributed by atoms with Gasteiger partial charge in [0, 0.05) is 11.6 Å². The van der Waals surface area contributed by atoms with Crippen LogP contribution in [0.1, 0.15) is 29.7 Å². The third-order valence-corrected chi connectivity index (χ3v) is 3.71. The van der Waals surface area contributed by atoms with Gasteiger partial charge < -0.3 is 14.8 Å². The van der Waals surface area contributed by atoms with Crippen LogP contribution >= 0.6 is 0 Å². The van der Waals surface area contributed by atoms with E-state index in [-0.39, 0.29) is 0 Å². The van der Waals surface area contributed by atoms with Crippen molar-refractivity contribution < 1.29 is 9.47 Å². The van der Waals surface area contributed by atoms with E-state index in [1.165, 1.54) is 5.56 Å². The molecule has 0 heterocycles. The Morgan fingerprint density at radius 1 is 1.10 bits per heavy atom. The highest BCUT2D eigenvalue weighted by Gasteiger charge is 2.07. The van der Waals surface area contributed by atoms with E-state index in [2.05, 4.69) is 31.3 Å². The maximum Gasteiger partial charge on any atom is 0.125 e. The molecule has 2 aromatic rings. The minimum Gasteiger partial charge on any atom is -0.496 e. The highest BCUT2D eigenvalue weighted by Crippen LogP contribution is 2.25. The van der Waals surface area contributed by atoms with E-state index in [4.69, 9.17) is 9.47 Å². The number of para-hydroxylation sites is 1. The van der Waals surface area contributed by atoms with Crippen molar-refractivity contribution in [2.75, 3.05) is 14.2 Å². The second-order valence-electron chi connectivity index (χ2n) is 5.14. The Balaban J connectivity index is 2.10. The van der Waals surface area contributed by atoms with Crippen molar-refractivity contribution in [1.82, 2.24) is 5.32 Å². The van der Waals surface area contributed by atoms with Crippen LogP contribution in [0.15, 0.2) is 42.5 Å². The number of aryl methyl sites for hydroxylation is 1. The van der Waals surface area contributed by atoms with Crippen LogP contribution in [0.4, 0.5) is 0 Å². The van der Waals surface area contributed by atoms with Gasteiger partial charge in [-0.1, -0.05) is 30.3 Å². The van der Waals surface area contributed by atoms with E-state index in [0.29, 0.717) is 12.6 Å². The van der Waals surface area contributed by atoms with Crippen LogP contribution in [0.3, 0.4) is 0 Å². The van der Waals surface area contributed by atoms with Crippen molar-refractivity contribution >= 4 is 0 Å². The number of nitrogens with one attached hydrogen (secondary N) is 1. The summed E-state index contributed by atoms with van der Waals surface area (Å²) in [6.07, 6.45) is 0. The molecule has 0 aromatic heterocycles. The van der Waals surface area contributed by atoms with E-state index in [1.54, 1.807) is 7.11 Å². The average Bonchev–Trinajstić information content (AvgIpc) is 2.53. The van der Waals surface area contributed by atoms with Crippen molar-refractivity contribution in [3.63, 3.8) is 0 Å². The zero-order valence-electron chi connectivity index (χ0n) is 13.1. The summed E-state index contributed by atoms with van der Waals surface area (Å²) in [7, 11) is 3.64. The van der Waals surface area contributed by atoms with Gasteiger partial charge in [-0.05, 0) is 44.2 Å². The number of hydrogen-bond acceptors (Lipinski definition) is 3. The molecule has 2 rings (SSSR count). The summed E-state index contributed by atoms with van der Waals surface area (Å²) < 4.78 is 11.3. The number of hydrogen-bond donors (Lipinski definition) is 1. The Kier molecular flexibility index (Phi) is 5.23. The number of benzene rings is 2. The number of methoxy groups -OCH3 is 1. The van der Waals surface area contributed by atoms with Crippen LogP contribution in [-0.2, 0) is 6.61 Å². The lowest BCUT2D eigenvalue weighted by molar-refractivity contribution is 0.294. The molecule has 3 heteroatoms. The van der Waals surface area contributed by atoms with Crippen LogP contribution in [0.2, 0.25) is 0 Å². The molecule has 0 bridgehead atoms. The van der Waals surface area contributed by atoms with E-state index >= 15 is 0 Å². The Labute approximate surface area is 126 Å². The molecule has 0 spiro atoms. The smallest absolute Gasteiger partial charge is 0.125 e. The highest BCUT2D eigenvalue weighted by molar-refractivity contribution is 5.38. The molecule has 0 aliphatic heterocycles. The van der Waals surface area contributed by atoms with Gasteiger partial charge in [0.05, 0.1) is 7.11 Å². The van der Waals surface area contributed by atoms with E-state index in [1.807, 2.05) is 37.4 Å². The van der Waals surface area contributed by atoms with E-state index in [9.17, 15) is 0 Å². The molecular formula is C18H23NO2. The Morgan fingerprint density at radius 3 is 2.52 bits per heavy atom. The van der Waals surface area contributed by atoms with Crippen molar-refractivity contribution in [2.24, 2.45) is 0 Å². The van der Waals surface area contributed by atoms with Crippen molar-refractivity contribution in [2.45, 2.75) is 26.5 Å². The number of ether oxygens (including phenoxy) is 2. The second kappa shape index (κ2) is 7.14. The lowest BCUT2D eigenvalue weighted by Crippen LogP contribution is -2.12. The molecule has 0 radical (unpaired) electrons. The first-order chi connectivity index (χ1) is 10.2. The highest BCUT2D eigenvalue weighted by atomic mass is 16.5. The normalized spacial score (nSPS) is 12.0. The summed E-state index contributed by atoms with van der Waals surface area (Å²) in [5.41, 5.74) is 3.45. The summed E-state index contributed by atoms with van der Waals surface area (Å²) in [4.78, 5) is 0. The fourth-order valence-electron chi connectivity index (χ4n) is 2.25. The molecule has 0 saturated heterocycles. The molecule has 3 nitrogen and oxygen atoms in total. The monoisotopic (exact) mass is 285 g/mol. The second-order valence-corrected chi connectivity index (χ2v) is 5.14. The zero-order valence-corrected chi connectivity index (χ0v) is 13.1. The molecule has 0 saturated carbocycles. The predicted octanol–water partition coefficient (Wildman–Crippen LogP) is 3.86. The molecule has 1 unspecified atom stereocenters. The minimum atomic E-state index is 0.340. The first-order valence-electron chi connectivity index (χ1n) is 7.18. The molecule has 1 atom stereocenters. The Hall–Kier alpha value is -2.00. The maximum absolute atomic E-state index is 5.93. The molecule has 0 aliphatic rings. The molecule has 112 valence electrons. The Morgan fingerprint density at radius 2 is 1.86 bits per heavy atom. The van der Waals surface area contributed by atoms with E-state index in [0.717, 1.165) is 22.6 Å². The molecule has 0 fully saturated rings. The predicted molar refractivity (Wildman–Crippen MR) is 86.0 cm³/mol. The topological polar surface area (TPSA) is 30.5 Å². The summed E-state index contributed by atoms with van der Waals surface area (Å²) in [6.45, 7) is 4.72. The summed E-state index contributed by atoms with van der Waals surface area (Å²) in [6, 6.07) is 14.6. The van der Waals surface area contributed by atoms with Gasteiger partial charge in [-0.15, -0.1) is 0 Å². The van der Waals surface area contributed by atoms with Crippen molar-refractivity contribution in [3.8, 4) is 11.5 Å². The van der Waals surface area contributed by atoms with Crippen LogP contribution in [-0.4, -0.2) is 14.2 Å². The van der Waals surface area contributed by atoms with Crippen LogP contribution in [0.25, 0.3) is 0 Å². The molecule has 2 aromatic carbocycles. The first-order valence-corrected chi connectivity index (χ1v) is 7.18. The molecule has 1 N–H and O–H groups in total. The SMILES string of the molecule is CNC(C)c1ccc(OCc2ccccc2OC)c(C)c1. The minimum absolute atomic E-state index is 0.340. The van der Waals surface area contributed by atoms with Crippen LogP contribution in [0.5, 0.6) is 11.5 Å². The molecule has 0 aliphatic carbocycles. The standard InChI is InChI=1S/C18H23NO2/c1-13-11-15(14(2)19-3)9-10-17(13)21-12-16-7-5-6-8-18(16)20-4/h5-11,14,19H,12H2,1-4H3. The molecule has 0 amide bonds. The molecule has 21 heavy (non-hydrogen) atoms. The van der Waals surface area contributed by atoms with Crippen LogP contribution in [0, 0.1) is 6.92 Å². The lowest BCUT2D eigenvalue weighted by Gasteiger charge is -2.15. The van der Waals surface area contributed by atoms with E-state index < -0.39 is 0 Å². The number of rotatable bonds is 6. The third kappa shape index (κ3) is 3.76.